The summed E-state index contributed by atoms with van der Waals surface area (Å²) >= 11 is 1.64. The molecule has 1 fully saturated rings. The lowest BCUT2D eigenvalue weighted by atomic mass is 9.97. The minimum absolute atomic E-state index is 0.0563. The maximum Gasteiger partial charge on any atom is 0.308 e. The number of methoxy groups -OCH3 is 1. The summed E-state index contributed by atoms with van der Waals surface area (Å²) < 4.78 is 4.79. The Kier molecular flexibility index (Phi) is 6.00. The van der Waals surface area contributed by atoms with Gasteiger partial charge in [-0.2, -0.15) is 0 Å². The molecule has 4 nitrogen and oxygen atoms in total. The molecular weight excluding hydrogens is 298 g/mol. The van der Waals surface area contributed by atoms with E-state index in [1.807, 2.05) is 4.90 Å². The van der Waals surface area contributed by atoms with E-state index in [1.54, 1.807) is 11.3 Å². The Morgan fingerprint density at radius 1 is 1.32 bits per heavy atom. The number of aryl methyl sites for hydroxylation is 2. The van der Waals surface area contributed by atoms with Gasteiger partial charge in [0.25, 0.3) is 5.91 Å². The predicted molar refractivity (Wildman–Crippen MR) is 88.3 cm³/mol. The average Bonchev–Trinajstić information content (AvgIpc) is 2.97. The highest BCUT2D eigenvalue weighted by Crippen LogP contribution is 2.27. The van der Waals surface area contributed by atoms with E-state index in [0.29, 0.717) is 25.9 Å². The van der Waals surface area contributed by atoms with Crippen molar-refractivity contribution in [2.24, 2.45) is 5.92 Å². The topological polar surface area (TPSA) is 46.6 Å². The van der Waals surface area contributed by atoms with Gasteiger partial charge in [0.05, 0.1) is 17.9 Å². The molecule has 0 bridgehead atoms. The van der Waals surface area contributed by atoms with Gasteiger partial charge in [-0.3, -0.25) is 9.59 Å². The Balaban J connectivity index is 2.02. The van der Waals surface area contributed by atoms with Crippen LogP contribution in [-0.2, 0) is 22.4 Å². The van der Waals surface area contributed by atoms with Crippen molar-refractivity contribution in [1.82, 2.24) is 4.90 Å². The standard InChI is InChI=1S/C17H25NO3S/c1-4-6-14-12(5-2)11-15(22-14)16(19)18-9-7-13(8-10-18)17(20)21-3/h11,13H,4-10H2,1-3H3. The van der Waals surface area contributed by atoms with Crippen molar-refractivity contribution in [1.29, 1.82) is 0 Å². The molecule has 1 aromatic heterocycles. The molecular formula is C17H25NO3S. The molecule has 0 radical (unpaired) electrons. The van der Waals surface area contributed by atoms with E-state index in [0.717, 1.165) is 24.1 Å². The second-order valence-electron chi connectivity index (χ2n) is 5.75. The molecule has 5 heteroatoms. The monoisotopic (exact) mass is 323 g/mol. The molecule has 2 heterocycles. The fraction of sp³-hybridized carbons (Fsp3) is 0.647. The van der Waals surface area contributed by atoms with Crippen LogP contribution < -0.4 is 0 Å². The molecule has 22 heavy (non-hydrogen) atoms. The number of ether oxygens (including phenoxy) is 1. The van der Waals surface area contributed by atoms with Crippen LogP contribution in [0.5, 0.6) is 0 Å². The highest BCUT2D eigenvalue weighted by molar-refractivity contribution is 7.14. The lowest BCUT2D eigenvalue weighted by molar-refractivity contribution is -0.146. The Morgan fingerprint density at radius 2 is 2.00 bits per heavy atom. The van der Waals surface area contributed by atoms with E-state index >= 15 is 0 Å². The molecule has 0 spiro atoms. The molecule has 0 N–H and O–H groups in total. The number of likely N-dealkylation sites (tertiary alicyclic amines) is 1. The van der Waals surface area contributed by atoms with E-state index in [-0.39, 0.29) is 17.8 Å². The molecule has 1 aliphatic heterocycles. The summed E-state index contributed by atoms with van der Waals surface area (Å²) in [4.78, 5) is 28.3. The van der Waals surface area contributed by atoms with Gasteiger partial charge in [0.15, 0.2) is 0 Å². The van der Waals surface area contributed by atoms with Crippen molar-refractivity contribution in [3.63, 3.8) is 0 Å². The Bertz CT molecular complexity index is 530. The van der Waals surface area contributed by atoms with Crippen molar-refractivity contribution < 1.29 is 14.3 Å². The summed E-state index contributed by atoms with van der Waals surface area (Å²) in [7, 11) is 1.42. The van der Waals surface area contributed by atoms with Crippen LogP contribution in [0.3, 0.4) is 0 Å². The number of nitrogens with zero attached hydrogens (tertiary/aromatic N) is 1. The molecule has 1 amide bonds. The first-order chi connectivity index (χ1) is 10.6. The van der Waals surface area contributed by atoms with Crippen LogP contribution in [-0.4, -0.2) is 37.0 Å². The van der Waals surface area contributed by atoms with E-state index in [9.17, 15) is 9.59 Å². The quantitative estimate of drug-likeness (QED) is 0.781. The van der Waals surface area contributed by atoms with Gasteiger partial charge >= 0.3 is 5.97 Å². The second kappa shape index (κ2) is 7.77. The number of thiophene rings is 1. The largest absolute Gasteiger partial charge is 0.469 e. The van der Waals surface area contributed by atoms with Crippen LogP contribution >= 0.6 is 11.3 Å². The first-order valence-electron chi connectivity index (χ1n) is 8.09. The molecule has 1 aromatic rings. The third-order valence-corrected chi connectivity index (χ3v) is 5.51. The average molecular weight is 323 g/mol. The number of amides is 1. The molecule has 1 saturated heterocycles. The third kappa shape index (κ3) is 3.69. The SMILES string of the molecule is CCCc1sc(C(=O)N2CCC(C(=O)OC)CC2)cc1CC. The molecule has 0 saturated carbocycles. The first-order valence-corrected chi connectivity index (χ1v) is 8.91. The number of hydrogen-bond donors (Lipinski definition) is 0. The maximum absolute atomic E-state index is 12.7. The minimum Gasteiger partial charge on any atom is -0.469 e. The highest BCUT2D eigenvalue weighted by atomic mass is 32.1. The van der Waals surface area contributed by atoms with Crippen molar-refractivity contribution >= 4 is 23.2 Å². The van der Waals surface area contributed by atoms with Gasteiger partial charge in [-0.15, -0.1) is 11.3 Å². The van der Waals surface area contributed by atoms with Crippen molar-refractivity contribution in [3.8, 4) is 0 Å². The van der Waals surface area contributed by atoms with Crippen LogP contribution in [0.2, 0.25) is 0 Å². The van der Waals surface area contributed by atoms with Crippen molar-refractivity contribution in [2.45, 2.75) is 46.0 Å². The van der Waals surface area contributed by atoms with E-state index < -0.39 is 0 Å². The molecule has 0 aromatic carbocycles. The summed E-state index contributed by atoms with van der Waals surface area (Å²) in [5, 5.41) is 0. The van der Waals surface area contributed by atoms with Gasteiger partial charge in [0.2, 0.25) is 0 Å². The molecule has 0 atom stereocenters. The highest BCUT2D eigenvalue weighted by Gasteiger charge is 2.29. The van der Waals surface area contributed by atoms with Gasteiger partial charge in [-0.25, -0.2) is 0 Å². The summed E-state index contributed by atoms with van der Waals surface area (Å²) in [6, 6.07) is 2.06. The maximum atomic E-state index is 12.7. The molecule has 0 aliphatic carbocycles. The number of piperidine rings is 1. The first kappa shape index (κ1) is 17.0. The van der Waals surface area contributed by atoms with E-state index in [2.05, 4.69) is 19.9 Å². The number of esters is 1. The zero-order chi connectivity index (χ0) is 16.1. The van der Waals surface area contributed by atoms with Crippen LogP contribution in [0.4, 0.5) is 0 Å². The number of carbonyl (C=O) groups is 2. The van der Waals surface area contributed by atoms with Crippen LogP contribution in [0, 0.1) is 5.92 Å². The zero-order valence-corrected chi connectivity index (χ0v) is 14.5. The van der Waals surface area contributed by atoms with Crippen molar-refractivity contribution in [3.05, 3.63) is 21.4 Å². The Morgan fingerprint density at radius 3 is 2.55 bits per heavy atom. The summed E-state index contributed by atoms with van der Waals surface area (Å²) in [6.07, 6.45) is 4.53. The fourth-order valence-electron chi connectivity index (χ4n) is 2.95. The van der Waals surface area contributed by atoms with Gasteiger partial charge in [-0.05, 0) is 37.3 Å². The second-order valence-corrected chi connectivity index (χ2v) is 6.89. The summed E-state index contributed by atoms with van der Waals surface area (Å²) in [5.74, 6) is -0.0914. The summed E-state index contributed by atoms with van der Waals surface area (Å²) in [5.41, 5.74) is 1.31. The van der Waals surface area contributed by atoms with Crippen LogP contribution in [0.25, 0.3) is 0 Å². The normalized spacial score (nSPS) is 15.9. The smallest absolute Gasteiger partial charge is 0.308 e. The summed E-state index contributed by atoms with van der Waals surface area (Å²) in [6.45, 7) is 5.58. The molecule has 0 unspecified atom stereocenters. The lowest BCUT2D eigenvalue weighted by Crippen LogP contribution is -2.40. The van der Waals surface area contributed by atoms with Crippen molar-refractivity contribution in [2.75, 3.05) is 20.2 Å². The molecule has 2 rings (SSSR count). The molecule has 122 valence electrons. The van der Waals surface area contributed by atoms with Gasteiger partial charge in [-0.1, -0.05) is 20.3 Å². The predicted octanol–water partition coefficient (Wildman–Crippen LogP) is 3.29. The van der Waals surface area contributed by atoms with E-state index in [4.69, 9.17) is 4.74 Å². The van der Waals surface area contributed by atoms with Crippen LogP contribution in [0.1, 0.15) is 53.2 Å². The van der Waals surface area contributed by atoms with E-state index in [1.165, 1.54) is 17.6 Å². The third-order valence-electron chi connectivity index (χ3n) is 4.28. The number of rotatable bonds is 5. The lowest BCUT2D eigenvalue weighted by Gasteiger charge is -2.30. The zero-order valence-electron chi connectivity index (χ0n) is 13.7. The molecule has 1 aliphatic rings. The van der Waals surface area contributed by atoms with Gasteiger partial charge < -0.3 is 9.64 Å². The number of hydrogen-bond acceptors (Lipinski definition) is 4. The number of carbonyl (C=O) groups excluding carboxylic acids is 2. The van der Waals surface area contributed by atoms with Gasteiger partial charge in [0.1, 0.15) is 0 Å². The van der Waals surface area contributed by atoms with Crippen LogP contribution in [0.15, 0.2) is 6.07 Å². The van der Waals surface area contributed by atoms with Gasteiger partial charge in [0, 0.05) is 18.0 Å². The Hall–Kier alpha value is -1.36. The Labute approximate surface area is 136 Å². The fourth-order valence-corrected chi connectivity index (χ4v) is 4.27. The minimum atomic E-state index is -0.151.